The minimum Gasteiger partial charge on any atom is -0.493 e. The van der Waals surface area contributed by atoms with Crippen LogP contribution in [0.15, 0.2) is 91.1 Å². The fourth-order valence-electron chi connectivity index (χ4n) is 3.68. The van der Waals surface area contributed by atoms with Crippen molar-refractivity contribution in [1.82, 2.24) is 14.4 Å². The van der Waals surface area contributed by atoms with Gasteiger partial charge in [-0.05, 0) is 41.3 Å². The van der Waals surface area contributed by atoms with Gasteiger partial charge in [0.05, 0.1) is 5.69 Å². The molecule has 5 rings (SSSR count). The van der Waals surface area contributed by atoms with Crippen molar-refractivity contribution in [1.29, 1.82) is 0 Å². The number of aromatic hydroxyl groups is 1. The Bertz CT molecular complexity index is 1460. The Kier molecular flexibility index (Phi) is 5.57. The number of aromatic nitrogens is 3. The van der Waals surface area contributed by atoms with E-state index < -0.39 is 0 Å². The van der Waals surface area contributed by atoms with E-state index in [0.29, 0.717) is 29.9 Å². The largest absolute Gasteiger partial charge is 0.493 e. The van der Waals surface area contributed by atoms with Crippen LogP contribution in [0.1, 0.15) is 33.8 Å². The van der Waals surface area contributed by atoms with Crippen molar-refractivity contribution in [3.63, 3.8) is 0 Å². The Hall–Kier alpha value is -4.43. The van der Waals surface area contributed by atoms with Gasteiger partial charge in [-0.15, -0.1) is 0 Å². The van der Waals surface area contributed by atoms with Gasteiger partial charge in [0.25, 0.3) is 0 Å². The van der Waals surface area contributed by atoms with Crippen molar-refractivity contribution in [3.05, 3.63) is 131 Å². The molecule has 0 amide bonds. The van der Waals surface area contributed by atoms with Crippen molar-refractivity contribution in [2.24, 2.45) is 0 Å². The topological polar surface area (TPSA) is 50.4 Å². The maximum atomic E-state index is 13.3. The van der Waals surface area contributed by atoms with Crippen molar-refractivity contribution >= 4 is 5.65 Å². The molecule has 5 aromatic rings. The summed E-state index contributed by atoms with van der Waals surface area (Å²) >= 11 is 0. The summed E-state index contributed by atoms with van der Waals surface area (Å²) in [5.41, 5.74) is 5.18. The third kappa shape index (κ3) is 4.60. The lowest BCUT2D eigenvalue weighted by Crippen LogP contribution is -2.01. The molecule has 0 saturated carbocycles. The van der Waals surface area contributed by atoms with Crippen LogP contribution in [0.2, 0.25) is 0 Å². The Morgan fingerprint density at radius 2 is 1.36 bits per heavy atom. The van der Waals surface area contributed by atoms with E-state index >= 15 is 0 Å². The van der Waals surface area contributed by atoms with Crippen LogP contribution in [0.5, 0.6) is 5.88 Å². The smallest absolute Gasteiger partial charge is 0.219 e. The van der Waals surface area contributed by atoms with E-state index in [-0.39, 0.29) is 11.7 Å². The van der Waals surface area contributed by atoms with Crippen LogP contribution in [0.4, 0.5) is 4.39 Å². The van der Waals surface area contributed by atoms with Crippen LogP contribution in [0.3, 0.4) is 0 Å². The zero-order valence-corrected chi connectivity index (χ0v) is 17.7. The molecule has 0 radical (unpaired) electrons. The average molecular weight is 433 g/mol. The van der Waals surface area contributed by atoms with E-state index in [4.69, 9.17) is 9.97 Å². The second-order valence-corrected chi connectivity index (χ2v) is 7.73. The van der Waals surface area contributed by atoms with Gasteiger partial charge in [0.15, 0.2) is 5.65 Å². The van der Waals surface area contributed by atoms with Crippen LogP contribution in [-0.4, -0.2) is 19.5 Å². The first-order valence-corrected chi connectivity index (χ1v) is 10.6. The molecule has 0 unspecified atom stereocenters. The number of hydrogen-bond donors (Lipinski definition) is 1. The number of hydrogen-bond acceptors (Lipinski definition) is 3. The number of nitrogens with zero attached hydrogens (tertiary/aromatic N) is 3. The summed E-state index contributed by atoms with van der Waals surface area (Å²) in [7, 11) is 0. The summed E-state index contributed by atoms with van der Waals surface area (Å²) in [6.07, 6.45) is 2.64. The lowest BCUT2D eigenvalue weighted by atomic mass is 10.1. The van der Waals surface area contributed by atoms with E-state index in [1.165, 1.54) is 12.1 Å². The molecule has 3 aromatic carbocycles. The van der Waals surface area contributed by atoms with E-state index in [1.54, 1.807) is 22.7 Å². The van der Waals surface area contributed by atoms with Gasteiger partial charge in [-0.25, -0.2) is 14.4 Å². The predicted octanol–water partition coefficient (Wildman–Crippen LogP) is 5.16. The van der Waals surface area contributed by atoms with Crippen LogP contribution in [0.25, 0.3) is 5.65 Å². The Balaban J connectivity index is 1.59. The Morgan fingerprint density at radius 1 is 0.727 bits per heavy atom. The first-order chi connectivity index (χ1) is 16.2. The predicted molar refractivity (Wildman–Crippen MR) is 126 cm³/mol. The highest BCUT2D eigenvalue weighted by Crippen LogP contribution is 2.25. The number of rotatable bonds is 4. The van der Waals surface area contributed by atoms with Crippen LogP contribution >= 0.6 is 0 Å². The fraction of sp³-hybridized carbons (Fsp3) is 0.0714. The summed E-state index contributed by atoms with van der Waals surface area (Å²) in [6, 6.07) is 25.9. The molecule has 1 N–H and O–H groups in total. The molecular weight excluding hydrogens is 413 g/mol. The van der Waals surface area contributed by atoms with Gasteiger partial charge in [-0.1, -0.05) is 66.6 Å². The first-order valence-electron chi connectivity index (χ1n) is 10.6. The fourth-order valence-corrected chi connectivity index (χ4v) is 3.68. The second-order valence-electron chi connectivity index (χ2n) is 7.73. The van der Waals surface area contributed by atoms with Crippen LogP contribution in [-0.2, 0) is 12.8 Å². The first kappa shape index (κ1) is 20.5. The molecule has 4 nitrogen and oxygen atoms in total. The average Bonchev–Trinajstić information content (AvgIpc) is 3.16. The van der Waals surface area contributed by atoms with Gasteiger partial charge < -0.3 is 5.11 Å². The van der Waals surface area contributed by atoms with Crippen LogP contribution in [0, 0.1) is 17.7 Å². The third-order valence-electron chi connectivity index (χ3n) is 5.33. The second kappa shape index (κ2) is 8.97. The molecule has 5 heteroatoms. The Morgan fingerprint density at radius 3 is 2.09 bits per heavy atom. The van der Waals surface area contributed by atoms with Crippen molar-refractivity contribution in [2.75, 3.05) is 0 Å². The number of benzene rings is 3. The van der Waals surface area contributed by atoms with E-state index in [9.17, 15) is 9.50 Å². The monoisotopic (exact) mass is 433 g/mol. The molecule has 0 spiro atoms. The lowest BCUT2D eigenvalue weighted by molar-refractivity contribution is 0.442. The zero-order chi connectivity index (χ0) is 22.6. The summed E-state index contributed by atoms with van der Waals surface area (Å²) in [5, 5.41) is 11.0. The number of fused-ring (bicyclic) bond motifs is 1. The number of imidazole rings is 1. The molecule has 0 aliphatic carbocycles. The minimum absolute atomic E-state index is 0.0359. The van der Waals surface area contributed by atoms with Gasteiger partial charge in [-0.3, -0.25) is 4.40 Å². The molecule has 2 heterocycles. The highest BCUT2D eigenvalue weighted by Gasteiger charge is 2.17. The van der Waals surface area contributed by atoms with Gasteiger partial charge in [0.2, 0.25) is 5.88 Å². The molecule has 0 aliphatic heterocycles. The molecule has 0 fully saturated rings. The molecule has 0 saturated heterocycles. The highest BCUT2D eigenvalue weighted by molar-refractivity contribution is 5.54. The van der Waals surface area contributed by atoms with E-state index in [1.807, 2.05) is 60.7 Å². The van der Waals surface area contributed by atoms with E-state index in [0.717, 1.165) is 22.4 Å². The molecule has 0 atom stereocenters. The van der Waals surface area contributed by atoms with Gasteiger partial charge in [0, 0.05) is 24.6 Å². The molecule has 2 aromatic heterocycles. The van der Waals surface area contributed by atoms with Crippen molar-refractivity contribution in [2.45, 2.75) is 12.8 Å². The maximum absolute atomic E-state index is 13.3. The maximum Gasteiger partial charge on any atom is 0.219 e. The molecular formula is C28H20FN3O. The molecule has 160 valence electrons. The third-order valence-corrected chi connectivity index (χ3v) is 5.33. The highest BCUT2D eigenvalue weighted by atomic mass is 19.1. The molecule has 0 aliphatic rings. The zero-order valence-electron chi connectivity index (χ0n) is 17.7. The lowest BCUT2D eigenvalue weighted by Gasteiger charge is -2.05. The van der Waals surface area contributed by atoms with Crippen molar-refractivity contribution < 1.29 is 9.50 Å². The SMILES string of the molecule is Oc1c(Cc2ccc(F)cc2)nc2c(Cc3ccccc3)nc(C#Cc3ccccc3)cn12. The van der Waals surface area contributed by atoms with Crippen LogP contribution < -0.4 is 0 Å². The summed E-state index contributed by atoms with van der Waals surface area (Å²) in [5.74, 6) is 5.97. The van der Waals surface area contributed by atoms with Gasteiger partial charge >= 0.3 is 0 Å². The normalized spacial score (nSPS) is 10.7. The summed E-state index contributed by atoms with van der Waals surface area (Å²) < 4.78 is 14.9. The van der Waals surface area contributed by atoms with E-state index in [2.05, 4.69) is 11.8 Å². The standard InChI is InChI=1S/C28H20FN3O/c29-23-14-11-22(12-15-23)18-26-28(33)32-19-24(16-13-20-7-3-1-4-8-20)30-25(27(32)31-26)17-21-9-5-2-6-10-21/h1-12,14-15,19,33H,17-18H2. The van der Waals surface area contributed by atoms with Crippen molar-refractivity contribution in [3.8, 4) is 17.7 Å². The quantitative estimate of drug-likeness (QED) is 0.399. The van der Waals surface area contributed by atoms with Gasteiger partial charge in [-0.2, -0.15) is 0 Å². The summed E-state index contributed by atoms with van der Waals surface area (Å²) in [6.45, 7) is 0. The minimum atomic E-state index is -0.297. The Labute approximate surface area is 191 Å². The van der Waals surface area contributed by atoms with Gasteiger partial charge in [0.1, 0.15) is 17.2 Å². The molecule has 0 bridgehead atoms. The number of halogens is 1. The summed E-state index contributed by atoms with van der Waals surface area (Å²) in [4.78, 5) is 9.46. The molecule has 33 heavy (non-hydrogen) atoms.